The zero-order valence-corrected chi connectivity index (χ0v) is 6.78. The van der Waals surface area contributed by atoms with Gasteiger partial charge in [0.05, 0.1) is 12.0 Å². The molecular weight excluding hydrogens is 179 g/mol. The first-order valence-electron chi connectivity index (χ1n) is 3.33. The van der Waals surface area contributed by atoms with Crippen LogP contribution in [-0.4, -0.2) is 12.0 Å². The van der Waals surface area contributed by atoms with Crippen molar-refractivity contribution in [2.45, 2.75) is 0 Å². The van der Waals surface area contributed by atoms with Crippen LogP contribution in [-0.2, 0) is 0 Å². The number of methoxy groups -OCH3 is 1. The van der Waals surface area contributed by atoms with Crippen LogP contribution in [0.15, 0.2) is 12.1 Å². The van der Waals surface area contributed by atoms with E-state index in [1.54, 1.807) is 0 Å². The van der Waals surface area contributed by atoms with Crippen LogP contribution in [0.2, 0.25) is 0 Å². The van der Waals surface area contributed by atoms with Crippen LogP contribution in [0.5, 0.6) is 5.75 Å². The predicted octanol–water partition coefficient (Wildman–Crippen LogP) is 1.32. The number of nitro groups is 1. The number of halogens is 1. The third-order valence-corrected chi connectivity index (χ3v) is 1.48. The highest BCUT2D eigenvalue weighted by Crippen LogP contribution is 2.29. The molecule has 0 spiro atoms. The number of benzene rings is 1. The Bertz CT molecular complexity index is 331. The fourth-order valence-corrected chi connectivity index (χ4v) is 0.905. The third-order valence-electron chi connectivity index (χ3n) is 1.48. The summed E-state index contributed by atoms with van der Waals surface area (Å²) in [6, 6.07) is 2.11. The van der Waals surface area contributed by atoms with Gasteiger partial charge in [0.2, 0.25) is 5.82 Å². The van der Waals surface area contributed by atoms with Gasteiger partial charge in [-0.2, -0.15) is 4.39 Å². The summed E-state index contributed by atoms with van der Waals surface area (Å²) in [5, 5.41) is 10.3. The van der Waals surface area contributed by atoms with Gasteiger partial charge in [-0.25, -0.2) is 0 Å². The minimum atomic E-state index is -0.998. The number of ether oxygens (including phenoxy) is 1. The number of nitro benzene ring substituents is 1. The van der Waals surface area contributed by atoms with Gasteiger partial charge in [-0.1, -0.05) is 0 Å². The van der Waals surface area contributed by atoms with Crippen molar-refractivity contribution in [2.24, 2.45) is 0 Å². The summed E-state index contributed by atoms with van der Waals surface area (Å²) in [4.78, 5) is 9.42. The maximum Gasteiger partial charge on any atom is 0.327 e. The zero-order chi connectivity index (χ0) is 10.0. The van der Waals surface area contributed by atoms with Crippen LogP contribution >= 0.6 is 0 Å². The van der Waals surface area contributed by atoms with E-state index in [0.29, 0.717) is 0 Å². The molecule has 0 heterocycles. The molecule has 1 rings (SSSR count). The first-order chi connectivity index (χ1) is 6.06. The molecule has 0 atom stereocenters. The minimum absolute atomic E-state index is 0.153. The van der Waals surface area contributed by atoms with Crippen molar-refractivity contribution in [3.63, 3.8) is 0 Å². The number of nitrogen functional groups attached to an aromatic ring is 1. The molecule has 0 aliphatic rings. The average molecular weight is 186 g/mol. The predicted molar refractivity (Wildman–Crippen MR) is 44.0 cm³/mol. The minimum Gasteiger partial charge on any atom is -0.497 e. The van der Waals surface area contributed by atoms with Gasteiger partial charge in [0, 0.05) is 12.1 Å². The summed E-state index contributed by atoms with van der Waals surface area (Å²) < 4.78 is 17.6. The Morgan fingerprint density at radius 2 is 2.23 bits per heavy atom. The second-order valence-electron chi connectivity index (χ2n) is 2.30. The van der Waals surface area contributed by atoms with Gasteiger partial charge in [-0.3, -0.25) is 10.1 Å². The Kier molecular flexibility index (Phi) is 2.32. The van der Waals surface area contributed by atoms with E-state index in [1.165, 1.54) is 13.2 Å². The van der Waals surface area contributed by atoms with E-state index in [4.69, 9.17) is 5.73 Å². The highest BCUT2D eigenvalue weighted by molar-refractivity contribution is 5.61. The first-order valence-corrected chi connectivity index (χ1v) is 3.33. The largest absolute Gasteiger partial charge is 0.497 e. The van der Waals surface area contributed by atoms with Crippen molar-refractivity contribution in [3.8, 4) is 5.75 Å². The second kappa shape index (κ2) is 3.26. The molecule has 0 saturated carbocycles. The molecule has 1 aromatic carbocycles. The Labute approximate surface area is 73.1 Å². The summed E-state index contributed by atoms with van der Waals surface area (Å²) in [5.41, 5.74) is 4.27. The smallest absolute Gasteiger partial charge is 0.327 e. The van der Waals surface area contributed by atoms with Crippen molar-refractivity contribution >= 4 is 11.4 Å². The molecule has 0 bridgehead atoms. The Balaban J connectivity index is 3.31. The molecule has 0 amide bonds. The van der Waals surface area contributed by atoms with Gasteiger partial charge in [-0.05, 0) is 0 Å². The molecule has 0 aliphatic carbocycles. The Hall–Kier alpha value is -1.85. The van der Waals surface area contributed by atoms with Crippen molar-refractivity contribution in [3.05, 3.63) is 28.1 Å². The van der Waals surface area contributed by atoms with Gasteiger partial charge in [-0.15, -0.1) is 0 Å². The van der Waals surface area contributed by atoms with Crippen molar-refractivity contribution < 1.29 is 14.1 Å². The van der Waals surface area contributed by atoms with E-state index in [9.17, 15) is 14.5 Å². The molecule has 2 N–H and O–H groups in total. The van der Waals surface area contributed by atoms with Crippen LogP contribution < -0.4 is 10.5 Å². The number of rotatable bonds is 2. The SMILES string of the molecule is COc1cc(N)c([N+](=O)[O-])c(F)c1. The van der Waals surface area contributed by atoms with E-state index in [0.717, 1.165) is 6.07 Å². The summed E-state index contributed by atoms with van der Waals surface area (Å²) >= 11 is 0. The Morgan fingerprint density at radius 3 is 2.62 bits per heavy atom. The fourth-order valence-electron chi connectivity index (χ4n) is 0.905. The Morgan fingerprint density at radius 1 is 1.62 bits per heavy atom. The van der Waals surface area contributed by atoms with E-state index < -0.39 is 16.4 Å². The van der Waals surface area contributed by atoms with Crippen LogP contribution in [0, 0.1) is 15.9 Å². The van der Waals surface area contributed by atoms with Gasteiger partial charge in [0.1, 0.15) is 11.4 Å². The monoisotopic (exact) mass is 186 g/mol. The standard InChI is InChI=1S/C7H7FN2O3/c1-13-4-2-5(8)7(10(11)12)6(9)3-4/h2-3H,9H2,1H3. The molecule has 6 heteroatoms. The molecule has 0 aliphatic heterocycles. The molecule has 5 nitrogen and oxygen atoms in total. The molecule has 0 radical (unpaired) electrons. The highest BCUT2D eigenvalue weighted by Gasteiger charge is 2.19. The van der Waals surface area contributed by atoms with E-state index >= 15 is 0 Å². The molecule has 13 heavy (non-hydrogen) atoms. The lowest BCUT2D eigenvalue weighted by Gasteiger charge is -2.02. The zero-order valence-electron chi connectivity index (χ0n) is 6.78. The summed E-state index contributed by atoms with van der Waals surface area (Å²) in [6.07, 6.45) is 0. The van der Waals surface area contributed by atoms with Gasteiger partial charge in [0.15, 0.2) is 0 Å². The average Bonchev–Trinajstić information content (AvgIpc) is 2.02. The normalized spacial score (nSPS) is 9.69. The third kappa shape index (κ3) is 1.66. The maximum absolute atomic E-state index is 12.9. The second-order valence-corrected chi connectivity index (χ2v) is 2.30. The number of nitrogens with zero attached hydrogens (tertiary/aromatic N) is 1. The van der Waals surface area contributed by atoms with Crippen molar-refractivity contribution in [2.75, 3.05) is 12.8 Å². The van der Waals surface area contributed by atoms with Crippen molar-refractivity contribution in [1.29, 1.82) is 0 Å². The number of hydrogen-bond donors (Lipinski definition) is 1. The number of nitrogens with two attached hydrogens (primary N) is 1. The molecule has 0 unspecified atom stereocenters. The van der Waals surface area contributed by atoms with Gasteiger partial charge in [0.25, 0.3) is 0 Å². The molecule has 70 valence electrons. The lowest BCUT2D eigenvalue weighted by Crippen LogP contribution is -1.99. The lowest BCUT2D eigenvalue weighted by atomic mass is 10.2. The topological polar surface area (TPSA) is 78.4 Å². The van der Waals surface area contributed by atoms with Gasteiger partial charge < -0.3 is 10.5 Å². The molecule has 0 aromatic heterocycles. The fraction of sp³-hybridized carbons (Fsp3) is 0.143. The van der Waals surface area contributed by atoms with E-state index in [-0.39, 0.29) is 11.4 Å². The van der Waals surface area contributed by atoms with Crippen LogP contribution in [0.1, 0.15) is 0 Å². The van der Waals surface area contributed by atoms with Crippen molar-refractivity contribution in [1.82, 2.24) is 0 Å². The van der Waals surface area contributed by atoms with E-state index in [2.05, 4.69) is 4.74 Å². The number of anilines is 1. The molecule has 0 fully saturated rings. The molecular formula is C7H7FN2O3. The summed E-state index contributed by atoms with van der Waals surface area (Å²) in [6.45, 7) is 0. The summed E-state index contributed by atoms with van der Waals surface area (Å²) in [7, 11) is 1.32. The quantitative estimate of drug-likeness (QED) is 0.429. The highest BCUT2D eigenvalue weighted by atomic mass is 19.1. The van der Waals surface area contributed by atoms with Crippen LogP contribution in [0.4, 0.5) is 15.8 Å². The maximum atomic E-state index is 12.9. The lowest BCUT2D eigenvalue weighted by molar-refractivity contribution is -0.386. The van der Waals surface area contributed by atoms with Gasteiger partial charge >= 0.3 is 5.69 Å². The number of hydrogen-bond acceptors (Lipinski definition) is 4. The molecule has 0 saturated heterocycles. The van der Waals surface area contributed by atoms with Crippen LogP contribution in [0.3, 0.4) is 0 Å². The molecule has 1 aromatic rings. The van der Waals surface area contributed by atoms with Crippen LogP contribution in [0.25, 0.3) is 0 Å². The summed E-state index contributed by atoms with van der Waals surface area (Å²) in [5.74, 6) is -0.845. The van der Waals surface area contributed by atoms with E-state index in [1.807, 2.05) is 0 Å². The first kappa shape index (κ1) is 9.24.